The highest BCUT2D eigenvalue weighted by molar-refractivity contribution is 7.89. The fourth-order valence-electron chi connectivity index (χ4n) is 2.07. The van der Waals surface area contributed by atoms with E-state index < -0.39 is 10.0 Å². The fourth-order valence-corrected chi connectivity index (χ4v) is 3.51. The van der Waals surface area contributed by atoms with Crippen LogP contribution in [0.3, 0.4) is 0 Å². The van der Waals surface area contributed by atoms with Gasteiger partial charge in [0.2, 0.25) is 15.9 Å². The Bertz CT molecular complexity index is 622. The number of anilines is 1. The maximum Gasteiger partial charge on any atom is 0.243 e. The van der Waals surface area contributed by atoms with Gasteiger partial charge in [-0.2, -0.15) is 4.31 Å². The minimum Gasteiger partial charge on any atom is -0.379 e. The van der Waals surface area contributed by atoms with Crippen LogP contribution in [0.25, 0.3) is 0 Å². The number of amides is 1. The number of carbonyl (C=O) groups excluding carboxylic acids is 1. The maximum atomic E-state index is 12.6. The Hall–Kier alpha value is -1.44. The third-order valence-electron chi connectivity index (χ3n) is 3.41. The molecule has 1 aliphatic rings. The second-order valence-electron chi connectivity index (χ2n) is 4.89. The topological polar surface area (TPSA) is 75.7 Å². The van der Waals surface area contributed by atoms with E-state index in [1.165, 1.54) is 10.4 Å². The lowest BCUT2D eigenvalue weighted by molar-refractivity contribution is -0.115. The van der Waals surface area contributed by atoms with Gasteiger partial charge in [-0.25, -0.2) is 8.42 Å². The van der Waals surface area contributed by atoms with E-state index in [4.69, 9.17) is 4.74 Å². The van der Waals surface area contributed by atoms with E-state index in [-0.39, 0.29) is 10.8 Å². The molecular weight excluding hydrogens is 292 g/mol. The first-order chi connectivity index (χ1) is 9.95. The van der Waals surface area contributed by atoms with Gasteiger partial charge in [-0.3, -0.25) is 4.79 Å². The molecule has 116 valence electrons. The first-order valence-corrected chi connectivity index (χ1v) is 8.37. The zero-order valence-corrected chi connectivity index (χ0v) is 13.1. The van der Waals surface area contributed by atoms with Crippen molar-refractivity contribution in [2.45, 2.75) is 25.2 Å². The normalized spacial score (nSPS) is 16.7. The van der Waals surface area contributed by atoms with E-state index in [1.807, 2.05) is 6.92 Å². The van der Waals surface area contributed by atoms with Gasteiger partial charge in [0.1, 0.15) is 0 Å². The van der Waals surface area contributed by atoms with E-state index in [0.29, 0.717) is 38.4 Å². The Morgan fingerprint density at radius 2 is 2.00 bits per heavy atom. The van der Waals surface area contributed by atoms with Gasteiger partial charge >= 0.3 is 0 Å². The summed E-state index contributed by atoms with van der Waals surface area (Å²) >= 11 is 0. The smallest absolute Gasteiger partial charge is 0.243 e. The van der Waals surface area contributed by atoms with Gasteiger partial charge in [0.05, 0.1) is 18.1 Å². The highest BCUT2D eigenvalue weighted by atomic mass is 32.2. The van der Waals surface area contributed by atoms with Crippen molar-refractivity contribution in [3.63, 3.8) is 0 Å². The largest absolute Gasteiger partial charge is 0.379 e. The lowest BCUT2D eigenvalue weighted by atomic mass is 10.2. The van der Waals surface area contributed by atoms with Crippen LogP contribution < -0.4 is 5.32 Å². The number of nitrogens with one attached hydrogen (secondary N) is 1. The van der Waals surface area contributed by atoms with Crippen molar-refractivity contribution in [1.29, 1.82) is 0 Å². The number of carbonyl (C=O) groups is 1. The Balaban J connectivity index is 2.30. The maximum absolute atomic E-state index is 12.6. The van der Waals surface area contributed by atoms with Gasteiger partial charge < -0.3 is 10.1 Å². The van der Waals surface area contributed by atoms with Gasteiger partial charge in [0, 0.05) is 25.2 Å². The second-order valence-corrected chi connectivity index (χ2v) is 6.83. The second kappa shape index (κ2) is 6.55. The monoisotopic (exact) mass is 312 g/mol. The Kier molecular flexibility index (Phi) is 4.97. The molecule has 0 bridgehead atoms. The van der Waals surface area contributed by atoms with Crippen molar-refractivity contribution in [2.75, 3.05) is 31.6 Å². The average molecular weight is 312 g/mol. The molecule has 1 heterocycles. The summed E-state index contributed by atoms with van der Waals surface area (Å²) in [6, 6.07) is 4.80. The molecule has 0 saturated carbocycles. The molecule has 0 unspecified atom stereocenters. The summed E-state index contributed by atoms with van der Waals surface area (Å²) in [5.74, 6) is -0.140. The summed E-state index contributed by atoms with van der Waals surface area (Å²) in [6.07, 6.45) is 0.347. The SMILES string of the molecule is CCC(=O)Nc1cc(S(=O)(=O)N2CCOCC2)ccc1C. The molecule has 0 spiro atoms. The zero-order chi connectivity index (χ0) is 15.5. The minimum absolute atomic E-state index is 0.140. The summed E-state index contributed by atoms with van der Waals surface area (Å²) in [4.78, 5) is 11.7. The van der Waals surface area contributed by atoms with Crippen molar-refractivity contribution in [2.24, 2.45) is 0 Å². The lowest BCUT2D eigenvalue weighted by Gasteiger charge is -2.26. The number of hydrogen-bond donors (Lipinski definition) is 1. The molecule has 6 nitrogen and oxygen atoms in total. The molecule has 0 atom stereocenters. The van der Waals surface area contributed by atoms with Gasteiger partial charge in [0.15, 0.2) is 0 Å². The molecule has 1 fully saturated rings. The number of hydrogen-bond acceptors (Lipinski definition) is 4. The van der Waals surface area contributed by atoms with Crippen molar-refractivity contribution >= 4 is 21.6 Å². The summed E-state index contributed by atoms with van der Waals surface area (Å²) in [5.41, 5.74) is 1.37. The molecule has 1 amide bonds. The van der Waals surface area contributed by atoms with Crippen LogP contribution in [0.4, 0.5) is 5.69 Å². The molecule has 2 rings (SSSR count). The molecule has 1 N–H and O–H groups in total. The van der Waals surface area contributed by atoms with E-state index in [0.717, 1.165) is 5.56 Å². The first kappa shape index (κ1) is 15.9. The van der Waals surface area contributed by atoms with Crippen LogP contribution >= 0.6 is 0 Å². The van der Waals surface area contributed by atoms with Crippen molar-refractivity contribution in [1.82, 2.24) is 4.31 Å². The van der Waals surface area contributed by atoms with Gasteiger partial charge in [0.25, 0.3) is 0 Å². The molecule has 0 radical (unpaired) electrons. The van der Waals surface area contributed by atoms with Gasteiger partial charge in [-0.05, 0) is 24.6 Å². The predicted molar refractivity (Wildman–Crippen MR) is 79.7 cm³/mol. The number of rotatable bonds is 4. The summed E-state index contributed by atoms with van der Waals surface area (Å²) in [5, 5.41) is 2.73. The predicted octanol–water partition coefficient (Wildman–Crippen LogP) is 1.36. The van der Waals surface area contributed by atoms with Crippen LogP contribution in [0.15, 0.2) is 23.1 Å². The van der Waals surface area contributed by atoms with Crippen LogP contribution in [-0.2, 0) is 19.6 Å². The van der Waals surface area contributed by atoms with Crippen LogP contribution in [0.1, 0.15) is 18.9 Å². The average Bonchev–Trinajstić information content (AvgIpc) is 2.50. The van der Waals surface area contributed by atoms with Gasteiger partial charge in [-0.15, -0.1) is 0 Å². The third-order valence-corrected chi connectivity index (χ3v) is 5.31. The molecule has 1 aliphatic heterocycles. The minimum atomic E-state index is -3.54. The van der Waals surface area contributed by atoms with Crippen LogP contribution in [0.5, 0.6) is 0 Å². The Morgan fingerprint density at radius 3 is 2.62 bits per heavy atom. The fraction of sp³-hybridized carbons (Fsp3) is 0.500. The number of ether oxygens (including phenoxy) is 1. The lowest BCUT2D eigenvalue weighted by Crippen LogP contribution is -2.40. The molecule has 1 saturated heterocycles. The van der Waals surface area contributed by atoms with Crippen molar-refractivity contribution < 1.29 is 17.9 Å². The number of benzene rings is 1. The standard InChI is InChI=1S/C14H20N2O4S/c1-3-14(17)15-13-10-12(5-4-11(13)2)21(18,19)16-6-8-20-9-7-16/h4-5,10H,3,6-9H2,1-2H3,(H,15,17). The number of nitrogens with zero attached hydrogens (tertiary/aromatic N) is 1. The first-order valence-electron chi connectivity index (χ1n) is 6.93. The molecule has 7 heteroatoms. The molecular formula is C14H20N2O4S. The van der Waals surface area contributed by atoms with Crippen molar-refractivity contribution in [3.05, 3.63) is 23.8 Å². The van der Waals surface area contributed by atoms with Crippen LogP contribution in [0.2, 0.25) is 0 Å². The molecule has 21 heavy (non-hydrogen) atoms. The molecule has 0 aromatic heterocycles. The van der Waals surface area contributed by atoms with Crippen LogP contribution in [0, 0.1) is 6.92 Å². The number of morpholine rings is 1. The summed E-state index contributed by atoms with van der Waals surface area (Å²) in [6.45, 7) is 5.10. The van der Waals surface area contributed by atoms with E-state index in [9.17, 15) is 13.2 Å². The van der Waals surface area contributed by atoms with Crippen molar-refractivity contribution in [3.8, 4) is 0 Å². The molecule has 0 aliphatic carbocycles. The number of aryl methyl sites for hydroxylation is 1. The van der Waals surface area contributed by atoms with Gasteiger partial charge in [-0.1, -0.05) is 13.0 Å². The van der Waals surface area contributed by atoms with Crippen LogP contribution in [-0.4, -0.2) is 44.9 Å². The summed E-state index contributed by atoms with van der Waals surface area (Å²) < 4.78 is 31.7. The molecule has 1 aromatic carbocycles. The third kappa shape index (κ3) is 3.61. The van der Waals surface area contributed by atoms with E-state index >= 15 is 0 Å². The highest BCUT2D eigenvalue weighted by Crippen LogP contribution is 2.23. The zero-order valence-electron chi connectivity index (χ0n) is 12.3. The molecule has 1 aromatic rings. The quantitative estimate of drug-likeness (QED) is 0.911. The Labute approximate surface area is 125 Å². The summed E-state index contributed by atoms with van der Waals surface area (Å²) in [7, 11) is -3.54. The van der Waals surface area contributed by atoms with E-state index in [1.54, 1.807) is 19.1 Å². The highest BCUT2D eigenvalue weighted by Gasteiger charge is 2.26. The Morgan fingerprint density at radius 1 is 1.33 bits per heavy atom. The number of sulfonamides is 1. The van der Waals surface area contributed by atoms with E-state index in [2.05, 4.69) is 5.32 Å².